The molecule has 0 amide bonds. The van der Waals surface area contributed by atoms with Crippen LogP contribution in [0.2, 0.25) is 0 Å². The molecular formula is C21H25FN2O4. The molecule has 2 aromatic rings. The Balaban J connectivity index is 1.92. The van der Waals surface area contributed by atoms with Gasteiger partial charge in [0.15, 0.2) is 11.5 Å². The molecule has 2 atom stereocenters. The van der Waals surface area contributed by atoms with E-state index in [4.69, 9.17) is 4.74 Å². The molecule has 1 N–H and O–H groups in total. The number of ether oxygens (including phenoxy) is 1. The van der Waals surface area contributed by atoms with Crippen molar-refractivity contribution in [3.63, 3.8) is 0 Å². The van der Waals surface area contributed by atoms with Crippen LogP contribution in [0.1, 0.15) is 66.1 Å². The third-order valence-corrected chi connectivity index (χ3v) is 5.22. The summed E-state index contributed by atoms with van der Waals surface area (Å²) in [6.45, 7) is 6.21. The molecule has 0 aliphatic carbocycles. The number of carbonyl (C=O) groups is 1. The highest BCUT2D eigenvalue weighted by Crippen LogP contribution is 2.26. The molecule has 28 heavy (non-hydrogen) atoms. The fourth-order valence-corrected chi connectivity index (χ4v) is 3.52. The predicted octanol–water partition coefficient (Wildman–Crippen LogP) is 3.30. The van der Waals surface area contributed by atoms with Gasteiger partial charge in [0, 0.05) is 12.3 Å². The van der Waals surface area contributed by atoms with Gasteiger partial charge in [-0.2, -0.15) is 0 Å². The van der Waals surface area contributed by atoms with Crippen LogP contribution in [0, 0.1) is 12.7 Å². The summed E-state index contributed by atoms with van der Waals surface area (Å²) >= 11 is 0. The normalized spacial score (nSPS) is 19.1. The Bertz CT molecular complexity index is 954. The fourth-order valence-electron chi connectivity index (χ4n) is 3.52. The molecule has 0 bridgehead atoms. The number of rotatable bonds is 5. The Morgan fingerprint density at radius 2 is 2.14 bits per heavy atom. The number of fused-ring (bicyclic) bond motifs is 1. The van der Waals surface area contributed by atoms with E-state index in [1.54, 1.807) is 19.1 Å². The van der Waals surface area contributed by atoms with E-state index in [-0.39, 0.29) is 29.9 Å². The molecule has 0 fully saturated rings. The van der Waals surface area contributed by atoms with Gasteiger partial charge in [0.25, 0.3) is 5.56 Å². The van der Waals surface area contributed by atoms with Gasteiger partial charge in [-0.25, -0.2) is 9.37 Å². The SMILES string of the molecule is CC[C@H]1COC[C@H](C)n2c1nc(C(=O)CCc1ccc(F)c(C)c1)c(O)c2=O. The van der Waals surface area contributed by atoms with E-state index in [9.17, 15) is 19.1 Å². The molecule has 0 unspecified atom stereocenters. The number of Topliss-reactive ketones (excluding diaryl/α,β-unsaturated/α-hetero) is 1. The second kappa shape index (κ2) is 8.22. The van der Waals surface area contributed by atoms with Gasteiger partial charge in [0.2, 0.25) is 5.75 Å². The lowest BCUT2D eigenvalue weighted by Crippen LogP contribution is -2.31. The monoisotopic (exact) mass is 388 g/mol. The standard InChI is InChI=1S/C21H25FN2O4/c1-4-15-11-28-10-13(3)24-20(15)23-18(19(26)21(24)27)17(25)8-6-14-5-7-16(22)12(2)9-14/h5,7,9,13,15,26H,4,6,8,10-11H2,1-3H3/t13-,15-/m0/s1. The lowest BCUT2D eigenvalue weighted by molar-refractivity contribution is 0.0973. The molecule has 3 rings (SSSR count). The van der Waals surface area contributed by atoms with Crippen molar-refractivity contribution in [2.24, 2.45) is 0 Å². The van der Waals surface area contributed by atoms with Gasteiger partial charge in [-0.3, -0.25) is 14.2 Å². The number of aryl methyl sites for hydroxylation is 2. The predicted molar refractivity (Wildman–Crippen MR) is 103 cm³/mol. The van der Waals surface area contributed by atoms with Crippen LogP contribution in [-0.2, 0) is 11.2 Å². The summed E-state index contributed by atoms with van der Waals surface area (Å²) in [6, 6.07) is 4.41. The van der Waals surface area contributed by atoms with Crippen LogP contribution < -0.4 is 5.56 Å². The van der Waals surface area contributed by atoms with Gasteiger partial charge in [0.1, 0.15) is 11.6 Å². The van der Waals surface area contributed by atoms with Crippen molar-refractivity contribution in [1.29, 1.82) is 0 Å². The van der Waals surface area contributed by atoms with Crippen LogP contribution in [0.25, 0.3) is 0 Å². The first kappa shape index (κ1) is 20.2. The number of hydrogen-bond acceptors (Lipinski definition) is 5. The third-order valence-electron chi connectivity index (χ3n) is 5.22. The number of aromatic hydroxyl groups is 1. The number of hydrogen-bond donors (Lipinski definition) is 1. The zero-order chi connectivity index (χ0) is 20.4. The average molecular weight is 388 g/mol. The average Bonchev–Trinajstić information content (AvgIpc) is 2.83. The molecule has 1 aromatic heterocycles. The van der Waals surface area contributed by atoms with Gasteiger partial charge in [-0.1, -0.05) is 19.1 Å². The Morgan fingerprint density at radius 1 is 1.39 bits per heavy atom. The fraction of sp³-hybridized carbons (Fsp3) is 0.476. The van der Waals surface area contributed by atoms with E-state index in [1.165, 1.54) is 10.6 Å². The smallest absolute Gasteiger partial charge is 0.296 e. The summed E-state index contributed by atoms with van der Waals surface area (Å²) in [7, 11) is 0. The number of aromatic nitrogens is 2. The van der Waals surface area contributed by atoms with Gasteiger partial charge >= 0.3 is 0 Å². The van der Waals surface area contributed by atoms with Crippen LogP contribution in [-0.4, -0.2) is 33.7 Å². The summed E-state index contributed by atoms with van der Waals surface area (Å²) in [5.41, 5.74) is 0.519. The van der Waals surface area contributed by atoms with Crippen LogP contribution >= 0.6 is 0 Å². The molecule has 1 aliphatic heterocycles. The molecule has 0 saturated heterocycles. The van der Waals surface area contributed by atoms with Gasteiger partial charge < -0.3 is 9.84 Å². The van der Waals surface area contributed by atoms with Crippen LogP contribution in [0.15, 0.2) is 23.0 Å². The maximum atomic E-state index is 13.4. The van der Waals surface area contributed by atoms with Crippen LogP contribution in [0.5, 0.6) is 5.75 Å². The molecule has 150 valence electrons. The van der Waals surface area contributed by atoms with Crippen LogP contribution in [0.4, 0.5) is 4.39 Å². The summed E-state index contributed by atoms with van der Waals surface area (Å²) in [5.74, 6) is -0.962. The minimum atomic E-state index is -0.618. The first-order valence-electron chi connectivity index (χ1n) is 9.54. The first-order chi connectivity index (χ1) is 13.3. The topological polar surface area (TPSA) is 81.4 Å². The van der Waals surface area contributed by atoms with Crippen molar-refractivity contribution in [1.82, 2.24) is 9.55 Å². The van der Waals surface area contributed by atoms with Crippen molar-refractivity contribution in [3.05, 3.63) is 57.0 Å². The maximum absolute atomic E-state index is 13.4. The van der Waals surface area contributed by atoms with E-state index in [0.717, 1.165) is 5.56 Å². The minimum absolute atomic E-state index is 0.0668. The second-order valence-electron chi connectivity index (χ2n) is 7.34. The molecular weight excluding hydrogens is 363 g/mol. The van der Waals surface area contributed by atoms with E-state index in [1.807, 2.05) is 13.8 Å². The zero-order valence-electron chi connectivity index (χ0n) is 16.4. The Morgan fingerprint density at radius 3 is 2.82 bits per heavy atom. The summed E-state index contributed by atoms with van der Waals surface area (Å²) in [4.78, 5) is 29.9. The third kappa shape index (κ3) is 3.85. The molecule has 7 heteroatoms. The highest BCUT2D eigenvalue weighted by molar-refractivity contribution is 5.96. The van der Waals surface area contributed by atoms with Crippen molar-refractivity contribution >= 4 is 5.78 Å². The van der Waals surface area contributed by atoms with E-state index < -0.39 is 17.1 Å². The van der Waals surface area contributed by atoms with E-state index in [2.05, 4.69) is 4.98 Å². The van der Waals surface area contributed by atoms with Crippen molar-refractivity contribution in [2.75, 3.05) is 13.2 Å². The summed E-state index contributed by atoms with van der Waals surface area (Å²) < 4.78 is 20.5. The molecule has 0 spiro atoms. The molecule has 2 heterocycles. The number of halogens is 1. The minimum Gasteiger partial charge on any atom is -0.501 e. The Labute approximate surface area is 163 Å². The van der Waals surface area contributed by atoms with Crippen molar-refractivity contribution in [2.45, 2.75) is 52.0 Å². The highest BCUT2D eigenvalue weighted by atomic mass is 19.1. The Kier molecular flexibility index (Phi) is 5.93. The maximum Gasteiger partial charge on any atom is 0.296 e. The molecule has 6 nitrogen and oxygen atoms in total. The molecule has 1 aromatic carbocycles. The molecule has 0 saturated carbocycles. The van der Waals surface area contributed by atoms with E-state index in [0.29, 0.717) is 37.4 Å². The number of ketones is 1. The van der Waals surface area contributed by atoms with Crippen molar-refractivity contribution < 1.29 is 19.0 Å². The van der Waals surface area contributed by atoms with Crippen LogP contribution in [0.3, 0.4) is 0 Å². The Hall–Kier alpha value is -2.54. The largest absolute Gasteiger partial charge is 0.501 e. The number of carbonyl (C=O) groups excluding carboxylic acids is 1. The molecule has 0 radical (unpaired) electrons. The number of nitrogens with zero attached hydrogens (tertiary/aromatic N) is 2. The van der Waals surface area contributed by atoms with Crippen molar-refractivity contribution in [3.8, 4) is 5.75 Å². The first-order valence-corrected chi connectivity index (χ1v) is 9.54. The van der Waals surface area contributed by atoms with Gasteiger partial charge in [-0.15, -0.1) is 0 Å². The van der Waals surface area contributed by atoms with Gasteiger partial charge in [0.05, 0.1) is 19.3 Å². The quantitative estimate of drug-likeness (QED) is 0.795. The van der Waals surface area contributed by atoms with E-state index >= 15 is 0 Å². The second-order valence-corrected chi connectivity index (χ2v) is 7.34. The number of benzene rings is 1. The summed E-state index contributed by atoms with van der Waals surface area (Å²) in [5, 5.41) is 10.4. The van der Waals surface area contributed by atoms with Gasteiger partial charge in [-0.05, 0) is 43.9 Å². The summed E-state index contributed by atoms with van der Waals surface area (Å²) in [6.07, 6.45) is 1.14. The molecule has 1 aliphatic rings. The lowest BCUT2D eigenvalue weighted by atomic mass is 10.0. The highest BCUT2D eigenvalue weighted by Gasteiger charge is 2.29. The lowest BCUT2D eigenvalue weighted by Gasteiger charge is -2.19. The zero-order valence-corrected chi connectivity index (χ0v) is 16.4.